The molecule has 0 aliphatic heterocycles. The highest BCUT2D eigenvalue weighted by molar-refractivity contribution is 6.17. The quantitative estimate of drug-likeness (QED) is 0.162. The highest BCUT2D eigenvalue weighted by Gasteiger charge is 2.20. The van der Waals surface area contributed by atoms with Crippen molar-refractivity contribution >= 4 is 71.6 Å². The molecule has 0 unspecified atom stereocenters. The van der Waals surface area contributed by atoms with Gasteiger partial charge in [-0.2, -0.15) is 0 Å². The molecular formula is C51H32N2O2. The molecule has 0 spiro atoms. The van der Waals surface area contributed by atoms with Gasteiger partial charge in [0, 0.05) is 27.9 Å². The summed E-state index contributed by atoms with van der Waals surface area (Å²) < 4.78 is 12.7. The maximum absolute atomic E-state index is 6.42. The molecule has 2 heterocycles. The molecule has 11 aromatic rings. The van der Waals surface area contributed by atoms with Crippen LogP contribution in [0.3, 0.4) is 0 Å². The number of fused-ring (bicyclic) bond motifs is 8. The summed E-state index contributed by atoms with van der Waals surface area (Å²) in [4.78, 5) is 7.19. The zero-order valence-corrected chi connectivity index (χ0v) is 29.7. The third-order valence-electron chi connectivity index (χ3n) is 10.7. The summed E-state index contributed by atoms with van der Waals surface area (Å²) in [5.41, 5.74) is 11.9. The minimum absolute atomic E-state index is 0.599. The van der Waals surface area contributed by atoms with Crippen molar-refractivity contribution in [3.63, 3.8) is 0 Å². The van der Waals surface area contributed by atoms with Gasteiger partial charge in [-0.1, -0.05) is 127 Å². The lowest BCUT2D eigenvalue weighted by Gasteiger charge is -2.28. The Morgan fingerprint density at radius 2 is 1.07 bits per heavy atom. The molecule has 4 heteroatoms. The molecule has 0 N–H and O–H groups in total. The van der Waals surface area contributed by atoms with E-state index in [1.165, 1.54) is 27.1 Å². The topological polar surface area (TPSA) is 42.4 Å². The number of hydrogen-bond donors (Lipinski definition) is 0. The van der Waals surface area contributed by atoms with E-state index in [-0.39, 0.29) is 0 Å². The largest absolute Gasteiger partial charge is 0.456 e. The van der Waals surface area contributed by atoms with Gasteiger partial charge in [-0.15, -0.1) is 0 Å². The number of nitrogens with zero attached hydrogens (tertiary/aromatic N) is 2. The first-order valence-corrected chi connectivity index (χ1v) is 18.5. The lowest BCUT2D eigenvalue weighted by atomic mass is 9.99. The molecule has 9 aromatic carbocycles. The first kappa shape index (κ1) is 31.1. The van der Waals surface area contributed by atoms with Crippen LogP contribution in [0.1, 0.15) is 0 Å². The molecule has 0 atom stereocenters. The van der Waals surface area contributed by atoms with Gasteiger partial charge >= 0.3 is 0 Å². The number of para-hydroxylation sites is 1. The molecule has 11 rings (SSSR count). The minimum atomic E-state index is 0.599. The summed E-state index contributed by atoms with van der Waals surface area (Å²) in [7, 11) is 0. The Labute approximate surface area is 317 Å². The normalized spacial score (nSPS) is 11.6. The van der Waals surface area contributed by atoms with Gasteiger partial charge in [0.1, 0.15) is 16.7 Å². The average molecular weight is 705 g/mol. The van der Waals surface area contributed by atoms with Crippen LogP contribution in [0.15, 0.2) is 203 Å². The van der Waals surface area contributed by atoms with Crippen molar-refractivity contribution in [3.05, 3.63) is 194 Å². The first-order chi connectivity index (χ1) is 27.2. The number of oxazole rings is 1. The highest BCUT2D eigenvalue weighted by Crippen LogP contribution is 2.43. The molecular weight excluding hydrogens is 673 g/mol. The van der Waals surface area contributed by atoms with Crippen LogP contribution in [-0.2, 0) is 0 Å². The third kappa shape index (κ3) is 5.26. The summed E-state index contributed by atoms with van der Waals surface area (Å²) in [5, 5.41) is 6.89. The Morgan fingerprint density at radius 1 is 0.400 bits per heavy atom. The van der Waals surface area contributed by atoms with E-state index in [1.807, 2.05) is 42.5 Å². The molecule has 55 heavy (non-hydrogen) atoms. The van der Waals surface area contributed by atoms with E-state index in [0.29, 0.717) is 5.89 Å². The number of hydrogen-bond acceptors (Lipinski definition) is 4. The van der Waals surface area contributed by atoms with Gasteiger partial charge in [-0.05, 0) is 105 Å². The second kappa shape index (κ2) is 12.6. The molecule has 0 aliphatic rings. The Kier molecular flexibility index (Phi) is 7.14. The van der Waals surface area contributed by atoms with Gasteiger partial charge in [0.2, 0.25) is 5.89 Å². The lowest BCUT2D eigenvalue weighted by Crippen LogP contribution is -2.11. The molecule has 0 bridgehead atoms. The molecule has 0 radical (unpaired) electrons. The number of anilines is 3. The highest BCUT2D eigenvalue weighted by atomic mass is 16.4. The van der Waals surface area contributed by atoms with Gasteiger partial charge in [-0.25, -0.2) is 4.98 Å². The second-order valence-electron chi connectivity index (χ2n) is 13.9. The monoisotopic (exact) mass is 704 g/mol. The van der Waals surface area contributed by atoms with Crippen LogP contribution >= 0.6 is 0 Å². The number of rotatable bonds is 6. The number of furan rings is 1. The third-order valence-corrected chi connectivity index (χ3v) is 10.7. The van der Waals surface area contributed by atoms with E-state index in [9.17, 15) is 0 Å². The summed E-state index contributed by atoms with van der Waals surface area (Å²) in [6.45, 7) is 0. The van der Waals surface area contributed by atoms with Crippen molar-refractivity contribution in [1.29, 1.82) is 0 Å². The smallest absolute Gasteiger partial charge is 0.227 e. The Balaban J connectivity index is 1.03. The Morgan fingerprint density at radius 3 is 1.93 bits per heavy atom. The first-order valence-electron chi connectivity index (χ1n) is 18.5. The molecule has 0 amide bonds. The van der Waals surface area contributed by atoms with Crippen molar-refractivity contribution in [1.82, 2.24) is 4.98 Å². The molecule has 2 aromatic heterocycles. The van der Waals surface area contributed by atoms with Gasteiger partial charge in [0.25, 0.3) is 0 Å². The molecule has 0 saturated carbocycles. The Hall–Kier alpha value is -7.43. The van der Waals surface area contributed by atoms with Crippen molar-refractivity contribution in [2.75, 3.05) is 4.90 Å². The molecule has 0 fully saturated rings. The minimum Gasteiger partial charge on any atom is -0.456 e. The summed E-state index contributed by atoms with van der Waals surface area (Å²) in [6.07, 6.45) is 0. The van der Waals surface area contributed by atoms with E-state index < -0.39 is 0 Å². The van der Waals surface area contributed by atoms with Crippen LogP contribution in [0.2, 0.25) is 0 Å². The van der Waals surface area contributed by atoms with Crippen molar-refractivity contribution in [2.24, 2.45) is 0 Å². The number of aromatic nitrogens is 1. The maximum atomic E-state index is 6.42. The zero-order chi connectivity index (χ0) is 36.3. The van der Waals surface area contributed by atoms with Crippen LogP contribution in [0, 0.1) is 0 Å². The SMILES string of the molecule is c1ccc(-c2nc3ccc4oc5ccc(-c6ccc(N(c7ccc8c(ccc9ccccc98)c7)c7ccccc7-c7ccccc7)cc6)cc5c4c3o2)cc1. The summed E-state index contributed by atoms with van der Waals surface area (Å²) >= 11 is 0. The summed E-state index contributed by atoms with van der Waals surface area (Å²) in [5.74, 6) is 0.599. The van der Waals surface area contributed by atoms with E-state index in [0.717, 1.165) is 72.4 Å². The molecule has 0 aliphatic carbocycles. The van der Waals surface area contributed by atoms with Crippen LogP contribution in [-0.4, -0.2) is 4.98 Å². The van der Waals surface area contributed by atoms with E-state index in [2.05, 4.69) is 157 Å². The van der Waals surface area contributed by atoms with Gasteiger partial charge in [-0.3, -0.25) is 0 Å². The predicted octanol–water partition coefficient (Wildman–Crippen LogP) is 14.5. The van der Waals surface area contributed by atoms with E-state index >= 15 is 0 Å². The number of benzene rings is 9. The maximum Gasteiger partial charge on any atom is 0.227 e. The van der Waals surface area contributed by atoms with Crippen LogP contribution < -0.4 is 4.90 Å². The zero-order valence-electron chi connectivity index (χ0n) is 29.7. The van der Waals surface area contributed by atoms with E-state index in [1.54, 1.807) is 0 Å². The van der Waals surface area contributed by atoms with Crippen LogP contribution in [0.4, 0.5) is 17.1 Å². The van der Waals surface area contributed by atoms with Crippen molar-refractivity contribution < 1.29 is 8.83 Å². The lowest BCUT2D eigenvalue weighted by molar-refractivity contribution is 0.622. The average Bonchev–Trinajstić information content (AvgIpc) is 3.86. The van der Waals surface area contributed by atoms with E-state index in [4.69, 9.17) is 13.8 Å². The van der Waals surface area contributed by atoms with Gasteiger partial charge < -0.3 is 13.7 Å². The fourth-order valence-corrected chi connectivity index (χ4v) is 8.03. The molecule has 4 nitrogen and oxygen atoms in total. The van der Waals surface area contributed by atoms with Crippen molar-refractivity contribution in [2.45, 2.75) is 0 Å². The van der Waals surface area contributed by atoms with Crippen molar-refractivity contribution in [3.8, 4) is 33.7 Å². The fraction of sp³-hybridized carbons (Fsp3) is 0. The molecule has 0 saturated heterocycles. The summed E-state index contributed by atoms with van der Waals surface area (Å²) in [6, 6.07) is 68.4. The second-order valence-corrected chi connectivity index (χ2v) is 13.9. The van der Waals surface area contributed by atoms with Gasteiger partial charge in [0.15, 0.2) is 5.58 Å². The van der Waals surface area contributed by atoms with Gasteiger partial charge in [0.05, 0.1) is 11.1 Å². The predicted molar refractivity (Wildman–Crippen MR) is 227 cm³/mol. The standard InChI is InChI=1S/C51H32N2O2/c1-3-11-34(12-4-1)43-17-9-10-18-46(43)53(40-26-27-42-38(31-40)20-19-35-13-7-8-16-41(35)42)39-24-21-33(22-25-39)37-23-29-47-44(32-37)49-48(54-47)30-28-45-50(49)55-51(52-45)36-14-5-2-6-15-36/h1-32H. The van der Waals surface area contributed by atoms with Crippen LogP contribution in [0.5, 0.6) is 0 Å². The Bertz CT molecular complexity index is 3200. The molecule has 258 valence electrons. The van der Waals surface area contributed by atoms with Crippen LogP contribution in [0.25, 0.3) is 88.3 Å². The fourth-order valence-electron chi connectivity index (χ4n) is 8.03.